The van der Waals surface area contributed by atoms with E-state index < -0.39 is 5.82 Å². The summed E-state index contributed by atoms with van der Waals surface area (Å²) in [4.78, 5) is 24.3. The van der Waals surface area contributed by atoms with E-state index in [0.29, 0.717) is 30.9 Å². The second-order valence-corrected chi connectivity index (χ2v) is 4.94. The molecule has 1 fully saturated rings. The summed E-state index contributed by atoms with van der Waals surface area (Å²) in [5.41, 5.74) is 0.758. The van der Waals surface area contributed by atoms with Crippen LogP contribution in [0.3, 0.4) is 0 Å². The molecule has 1 aromatic carbocycles. The van der Waals surface area contributed by atoms with Crippen molar-refractivity contribution < 1.29 is 23.5 Å². The van der Waals surface area contributed by atoms with E-state index in [0.717, 1.165) is 0 Å². The van der Waals surface area contributed by atoms with Crippen molar-refractivity contribution in [3.05, 3.63) is 29.6 Å². The zero-order valence-corrected chi connectivity index (χ0v) is 12.1. The van der Waals surface area contributed by atoms with E-state index in [-0.39, 0.29) is 24.3 Å². The second-order valence-electron chi connectivity index (χ2n) is 4.94. The number of anilines is 1. The highest BCUT2D eigenvalue weighted by Gasteiger charge is 2.25. The Bertz CT molecular complexity index is 546. The van der Waals surface area contributed by atoms with Gasteiger partial charge in [0.1, 0.15) is 5.82 Å². The van der Waals surface area contributed by atoms with Crippen LogP contribution in [0.2, 0.25) is 0 Å². The number of nitrogens with zero attached hydrogens (tertiary/aromatic N) is 1. The van der Waals surface area contributed by atoms with Crippen LogP contribution in [0.25, 0.3) is 0 Å². The second kappa shape index (κ2) is 6.67. The van der Waals surface area contributed by atoms with Gasteiger partial charge in [0.15, 0.2) is 5.78 Å². The van der Waals surface area contributed by atoms with Crippen molar-refractivity contribution in [2.45, 2.75) is 19.4 Å². The molecule has 0 radical (unpaired) electrons. The Balaban J connectivity index is 2.10. The lowest BCUT2D eigenvalue weighted by molar-refractivity contribution is -0.144. The summed E-state index contributed by atoms with van der Waals surface area (Å²) >= 11 is 0. The molecule has 0 amide bonds. The van der Waals surface area contributed by atoms with E-state index in [1.165, 1.54) is 20.1 Å². The molecule has 6 heteroatoms. The molecule has 1 heterocycles. The highest BCUT2D eigenvalue weighted by atomic mass is 19.1. The number of esters is 1. The molecule has 0 N–H and O–H groups in total. The van der Waals surface area contributed by atoms with E-state index in [1.807, 2.05) is 4.90 Å². The van der Waals surface area contributed by atoms with Crippen LogP contribution >= 0.6 is 0 Å². The van der Waals surface area contributed by atoms with Crippen LogP contribution in [-0.2, 0) is 14.3 Å². The number of hydrogen-bond donors (Lipinski definition) is 0. The van der Waals surface area contributed by atoms with Crippen molar-refractivity contribution in [2.75, 3.05) is 31.7 Å². The Kier molecular flexibility index (Phi) is 4.90. The number of ketones is 1. The lowest BCUT2D eigenvalue weighted by atomic mass is 10.1. The third-order valence-corrected chi connectivity index (χ3v) is 3.46. The monoisotopic (exact) mass is 295 g/mol. The molecule has 1 unspecified atom stereocenters. The largest absolute Gasteiger partial charge is 0.469 e. The topological polar surface area (TPSA) is 55.8 Å². The number of morpholine rings is 1. The van der Waals surface area contributed by atoms with Gasteiger partial charge in [0.2, 0.25) is 0 Å². The molecule has 1 saturated heterocycles. The zero-order chi connectivity index (χ0) is 15.4. The molecule has 5 nitrogen and oxygen atoms in total. The first-order valence-electron chi connectivity index (χ1n) is 6.75. The minimum absolute atomic E-state index is 0.139. The number of benzene rings is 1. The summed E-state index contributed by atoms with van der Waals surface area (Å²) in [5, 5.41) is 0. The van der Waals surface area contributed by atoms with Gasteiger partial charge in [-0.05, 0) is 25.1 Å². The summed E-state index contributed by atoms with van der Waals surface area (Å²) < 4.78 is 24.2. The number of ether oxygens (including phenoxy) is 2. The lowest BCUT2D eigenvalue weighted by Gasteiger charge is -2.34. The third kappa shape index (κ3) is 3.78. The van der Waals surface area contributed by atoms with Crippen molar-refractivity contribution >= 4 is 17.4 Å². The molecule has 0 aliphatic carbocycles. The predicted molar refractivity (Wildman–Crippen MR) is 75.0 cm³/mol. The van der Waals surface area contributed by atoms with Crippen molar-refractivity contribution in [1.29, 1.82) is 0 Å². The number of Topliss-reactive ketones (excluding diaryl/α,β-unsaturated/α-hetero) is 1. The van der Waals surface area contributed by atoms with E-state index in [4.69, 9.17) is 4.74 Å². The zero-order valence-electron chi connectivity index (χ0n) is 12.1. The maximum Gasteiger partial charge on any atom is 0.308 e. The fourth-order valence-electron chi connectivity index (χ4n) is 2.31. The van der Waals surface area contributed by atoms with Gasteiger partial charge in [0, 0.05) is 18.7 Å². The van der Waals surface area contributed by atoms with Crippen LogP contribution in [0.15, 0.2) is 18.2 Å². The summed E-state index contributed by atoms with van der Waals surface area (Å²) in [5.74, 6) is -0.971. The quantitative estimate of drug-likeness (QED) is 0.626. The molecule has 1 aromatic rings. The third-order valence-electron chi connectivity index (χ3n) is 3.46. The first kappa shape index (κ1) is 15.4. The van der Waals surface area contributed by atoms with Crippen molar-refractivity contribution in [3.8, 4) is 0 Å². The Hall–Kier alpha value is -1.95. The molecule has 0 spiro atoms. The van der Waals surface area contributed by atoms with Crippen molar-refractivity contribution in [1.82, 2.24) is 0 Å². The summed E-state index contributed by atoms with van der Waals surface area (Å²) in [7, 11) is 1.32. The fraction of sp³-hybridized carbons (Fsp3) is 0.467. The van der Waals surface area contributed by atoms with Gasteiger partial charge in [-0.2, -0.15) is 0 Å². The predicted octanol–water partition coefficient (Wildman–Crippen LogP) is 1.80. The molecule has 1 atom stereocenters. The lowest BCUT2D eigenvalue weighted by Crippen LogP contribution is -2.43. The van der Waals surface area contributed by atoms with E-state index >= 15 is 0 Å². The molecule has 0 bridgehead atoms. The SMILES string of the molecule is COC(=O)CC1CN(c2ccc(C(C)=O)cc2F)CCO1. The number of carbonyl (C=O) groups excluding carboxylic acids is 2. The molecule has 2 rings (SSSR count). The van der Waals surface area contributed by atoms with Crippen LogP contribution in [0.5, 0.6) is 0 Å². The van der Waals surface area contributed by atoms with Crippen LogP contribution in [0.4, 0.5) is 10.1 Å². The number of halogens is 1. The van der Waals surface area contributed by atoms with Gasteiger partial charge in [-0.25, -0.2) is 4.39 Å². The Labute approximate surface area is 122 Å². The van der Waals surface area contributed by atoms with Gasteiger partial charge >= 0.3 is 5.97 Å². The number of carbonyl (C=O) groups is 2. The summed E-state index contributed by atoms with van der Waals surface area (Å²) in [6.07, 6.45) is -0.182. The summed E-state index contributed by atoms with van der Waals surface area (Å²) in [6, 6.07) is 4.43. The maximum absolute atomic E-state index is 14.1. The molecular formula is C15H18FNO4. The van der Waals surface area contributed by atoms with Crippen LogP contribution in [-0.4, -0.2) is 44.7 Å². The number of rotatable bonds is 4. The smallest absolute Gasteiger partial charge is 0.308 e. The molecule has 1 aliphatic rings. The minimum Gasteiger partial charge on any atom is -0.469 e. The van der Waals surface area contributed by atoms with Crippen molar-refractivity contribution in [2.24, 2.45) is 0 Å². The van der Waals surface area contributed by atoms with Crippen LogP contribution in [0, 0.1) is 5.82 Å². The van der Waals surface area contributed by atoms with Gasteiger partial charge in [0.25, 0.3) is 0 Å². The van der Waals surface area contributed by atoms with Crippen LogP contribution in [0.1, 0.15) is 23.7 Å². The fourth-order valence-corrected chi connectivity index (χ4v) is 2.31. The molecule has 0 saturated carbocycles. The molecule has 114 valence electrons. The molecule has 0 aromatic heterocycles. The Morgan fingerprint density at radius 1 is 1.48 bits per heavy atom. The Morgan fingerprint density at radius 2 is 2.24 bits per heavy atom. The van der Waals surface area contributed by atoms with Crippen molar-refractivity contribution in [3.63, 3.8) is 0 Å². The van der Waals surface area contributed by atoms with Gasteiger partial charge in [0.05, 0.1) is 31.9 Å². The average molecular weight is 295 g/mol. The van der Waals surface area contributed by atoms with Gasteiger partial charge in [-0.3, -0.25) is 9.59 Å². The molecule has 1 aliphatic heterocycles. The van der Waals surface area contributed by atoms with Gasteiger partial charge < -0.3 is 14.4 Å². The van der Waals surface area contributed by atoms with Crippen LogP contribution < -0.4 is 4.90 Å². The first-order valence-corrected chi connectivity index (χ1v) is 6.75. The first-order chi connectivity index (χ1) is 10.0. The molecule has 21 heavy (non-hydrogen) atoms. The average Bonchev–Trinajstić information content (AvgIpc) is 2.47. The minimum atomic E-state index is -0.443. The molecular weight excluding hydrogens is 277 g/mol. The maximum atomic E-state index is 14.1. The number of methoxy groups -OCH3 is 1. The van der Waals surface area contributed by atoms with Gasteiger partial charge in [-0.1, -0.05) is 0 Å². The van der Waals surface area contributed by atoms with E-state index in [2.05, 4.69) is 4.74 Å². The van der Waals surface area contributed by atoms with Gasteiger partial charge in [-0.15, -0.1) is 0 Å². The number of hydrogen-bond acceptors (Lipinski definition) is 5. The summed E-state index contributed by atoms with van der Waals surface area (Å²) in [6.45, 7) is 2.75. The normalized spacial score (nSPS) is 18.4. The highest BCUT2D eigenvalue weighted by molar-refractivity contribution is 5.94. The Morgan fingerprint density at radius 3 is 2.86 bits per heavy atom. The highest BCUT2D eigenvalue weighted by Crippen LogP contribution is 2.23. The van der Waals surface area contributed by atoms with E-state index in [1.54, 1.807) is 12.1 Å². The van der Waals surface area contributed by atoms with E-state index in [9.17, 15) is 14.0 Å². The standard InChI is InChI=1S/C15H18FNO4/c1-10(18)11-3-4-14(13(16)7-11)17-5-6-21-12(9-17)8-15(19)20-2/h3-4,7,12H,5-6,8-9H2,1-2H3.